The van der Waals surface area contributed by atoms with Crippen molar-refractivity contribution < 1.29 is 9.66 Å². The van der Waals surface area contributed by atoms with Gasteiger partial charge in [-0.1, -0.05) is 22.0 Å². The molecule has 0 saturated heterocycles. The highest BCUT2D eigenvalue weighted by molar-refractivity contribution is 9.10. The van der Waals surface area contributed by atoms with Gasteiger partial charge in [0.25, 0.3) is 5.69 Å². The highest BCUT2D eigenvalue weighted by Gasteiger charge is 2.13. The molecule has 0 bridgehead atoms. The van der Waals surface area contributed by atoms with Crippen molar-refractivity contribution in [2.24, 2.45) is 5.73 Å². The molecule has 0 amide bonds. The first kappa shape index (κ1) is 15.5. The Morgan fingerprint density at radius 1 is 1.29 bits per heavy atom. The summed E-state index contributed by atoms with van der Waals surface area (Å²) in [6, 6.07) is 10.1. The molecule has 0 aromatic heterocycles. The number of nitro groups is 1. The summed E-state index contributed by atoms with van der Waals surface area (Å²) in [6.45, 7) is 3.55. The Hall–Kier alpha value is -1.92. The normalized spacial score (nSPS) is 12.0. The zero-order chi connectivity index (χ0) is 15.6. The fourth-order valence-corrected chi connectivity index (χ4v) is 2.34. The minimum Gasteiger partial charge on any atom is -0.457 e. The fourth-order valence-electron chi connectivity index (χ4n) is 2.00. The summed E-state index contributed by atoms with van der Waals surface area (Å²) in [5.41, 5.74) is 7.42. The van der Waals surface area contributed by atoms with Gasteiger partial charge in [0.1, 0.15) is 11.5 Å². The topological polar surface area (TPSA) is 78.4 Å². The van der Waals surface area contributed by atoms with Gasteiger partial charge in [0.2, 0.25) is 0 Å². The van der Waals surface area contributed by atoms with Gasteiger partial charge in [0.05, 0.1) is 4.92 Å². The Morgan fingerprint density at radius 3 is 2.57 bits per heavy atom. The van der Waals surface area contributed by atoms with E-state index in [1.807, 2.05) is 25.1 Å². The smallest absolute Gasteiger partial charge is 0.272 e. The SMILES string of the molecule is Cc1cc(Oc2cc(Br)ccc2C(C)N)ccc1[N+](=O)[O-]. The minimum absolute atomic E-state index is 0.0732. The number of nitro benzene ring substituents is 1. The predicted molar refractivity (Wildman–Crippen MR) is 84.7 cm³/mol. The molecule has 0 fully saturated rings. The van der Waals surface area contributed by atoms with Crippen molar-refractivity contribution in [3.63, 3.8) is 0 Å². The predicted octanol–water partition coefficient (Wildman–Crippen LogP) is 4.48. The van der Waals surface area contributed by atoms with Crippen LogP contribution in [0.25, 0.3) is 0 Å². The molecule has 0 heterocycles. The maximum atomic E-state index is 10.8. The second kappa shape index (κ2) is 6.24. The van der Waals surface area contributed by atoms with Crippen LogP contribution < -0.4 is 10.5 Å². The molecule has 2 aromatic carbocycles. The van der Waals surface area contributed by atoms with Crippen LogP contribution in [0, 0.1) is 17.0 Å². The Morgan fingerprint density at radius 2 is 2.00 bits per heavy atom. The number of nitrogens with zero attached hydrogens (tertiary/aromatic N) is 1. The van der Waals surface area contributed by atoms with Crippen LogP contribution >= 0.6 is 15.9 Å². The summed E-state index contributed by atoms with van der Waals surface area (Å²) in [6.07, 6.45) is 0. The highest BCUT2D eigenvalue weighted by Crippen LogP contribution is 2.33. The lowest BCUT2D eigenvalue weighted by Crippen LogP contribution is -2.06. The first-order valence-corrected chi connectivity index (χ1v) is 7.15. The van der Waals surface area contributed by atoms with E-state index in [1.165, 1.54) is 6.07 Å². The molecule has 0 saturated carbocycles. The van der Waals surface area contributed by atoms with Crippen LogP contribution in [0.5, 0.6) is 11.5 Å². The molecule has 0 spiro atoms. The zero-order valence-electron chi connectivity index (χ0n) is 11.7. The highest BCUT2D eigenvalue weighted by atomic mass is 79.9. The van der Waals surface area contributed by atoms with Crippen LogP contribution in [0.15, 0.2) is 40.9 Å². The van der Waals surface area contributed by atoms with E-state index in [0.29, 0.717) is 17.1 Å². The molecular weight excluding hydrogens is 336 g/mol. The van der Waals surface area contributed by atoms with Gasteiger partial charge in [-0.15, -0.1) is 0 Å². The molecule has 2 aromatic rings. The summed E-state index contributed by atoms with van der Waals surface area (Å²) in [5, 5.41) is 10.8. The number of hydrogen-bond donors (Lipinski definition) is 1. The monoisotopic (exact) mass is 350 g/mol. The van der Waals surface area contributed by atoms with Crippen molar-refractivity contribution in [3.05, 3.63) is 62.1 Å². The molecule has 2 rings (SSSR count). The van der Waals surface area contributed by atoms with E-state index < -0.39 is 4.92 Å². The van der Waals surface area contributed by atoms with Gasteiger partial charge in [0, 0.05) is 27.7 Å². The largest absolute Gasteiger partial charge is 0.457 e. The van der Waals surface area contributed by atoms with Gasteiger partial charge in [-0.25, -0.2) is 0 Å². The van der Waals surface area contributed by atoms with Gasteiger partial charge in [-0.2, -0.15) is 0 Å². The van der Waals surface area contributed by atoms with Gasteiger partial charge in [-0.3, -0.25) is 10.1 Å². The second-order valence-corrected chi connectivity index (χ2v) is 5.69. The Bertz CT molecular complexity index is 687. The third-order valence-electron chi connectivity index (χ3n) is 3.06. The van der Waals surface area contributed by atoms with Crippen LogP contribution in [-0.4, -0.2) is 4.92 Å². The molecular formula is C15H15BrN2O3. The maximum Gasteiger partial charge on any atom is 0.272 e. The van der Waals surface area contributed by atoms with E-state index in [1.54, 1.807) is 19.1 Å². The molecule has 110 valence electrons. The maximum absolute atomic E-state index is 10.8. The van der Waals surface area contributed by atoms with Crippen LogP contribution in [-0.2, 0) is 0 Å². The van der Waals surface area contributed by atoms with Crippen LogP contribution in [0.2, 0.25) is 0 Å². The third kappa shape index (κ3) is 3.59. The molecule has 1 atom stereocenters. The minimum atomic E-state index is -0.411. The van der Waals surface area contributed by atoms with E-state index >= 15 is 0 Å². The lowest BCUT2D eigenvalue weighted by molar-refractivity contribution is -0.385. The van der Waals surface area contributed by atoms with E-state index in [4.69, 9.17) is 10.5 Å². The zero-order valence-corrected chi connectivity index (χ0v) is 13.3. The van der Waals surface area contributed by atoms with E-state index in [-0.39, 0.29) is 11.7 Å². The number of halogens is 1. The number of rotatable bonds is 4. The molecule has 0 radical (unpaired) electrons. The van der Waals surface area contributed by atoms with Crippen LogP contribution in [0.3, 0.4) is 0 Å². The quantitative estimate of drug-likeness (QED) is 0.651. The second-order valence-electron chi connectivity index (χ2n) is 4.78. The average Bonchev–Trinajstić information content (AvgIpc) is 2.37. The van der Waals surface area contributed by atoms with Gasteiger partial charge in [-0.05, 0) is 38.1 Å². The molecule has 0 aliphatic carbocycles. The number of benzene rings is 2. The lowest BCUT2D eigenvalue weighted by Gasteiger charge is -2.14. The summed E-state index contributed by atoms with van der Waals surface area (Å²) < 4.78 is 6.71. The molecule has 21 heavy (non-hydrogen) atoms. The first-order chi connectivity index (χ1) is 9.88. The summed E-state index contributed by atoms with van der Waals surface area (Å²) in [4.78, 5) is 10.4. The van der Waals surface area contributed by atoms with Crippen molar-refractivity contribution in [1.82, 2.24) is 0 Å². The summed E-state index contributed by atoms with van der Waals surface area (Å²) in [7, 11) is 0. The average molecular weight is 351 g/mol. The fraction of sp³-hybridized carbons (Fsp3) is 0.200. The molecule has 2 N–H and O–H groups in total. The molecule has 6 heteroatoms. The standard InChI is InChI=1S/C15H15BrN2O3/c1-9-7-12(4-6-14(9)18(19)20)21-15-8-11(16)3-5-13(15)10(2)17/h3-8,10H,17H2,1-2H3. The summed E-state index contributed by atoms with van der Waals surface area (Å²) in [5.74, 6) is 1.17. The van der Waals surface area contributed by atoms with E-state index in [0.717, 1.165) is 10.0 Å². The Balaban J connectivity index is 2.36. The number of aryl methyl sites for hydroxylation is 1. The first-order valence-electron chi connectivity index (χ1n) is 6.36. The van der Waals surface area contributed by atoms with Gasteiger partial charge < -0.3 is 10.5 Å². The molecule has 1 unspecified atom stereocenters. The Kier molecular flexibility index (Phi) is 4.59. The van der Waals surface area contributed by atoms with E-state index in [9.17, 15) is 10.1 Å². The van der Waals surface area contributed by atoms with Crippen molar-refractivity contribution in [2.75, 3.05) is 0 Å². The number of ether oxygens (including phenoxy) is 1. The molecule has 5 nitrogen and oxygen atoms in total. The molecule has 0 aliphatic rings. The summed E-state index contributed by atoms with van der Waals surface area (Å²) >= 11 is 3.39. The van der Waals surface area contributed by atoms with Crippen molar-refractivity contribution in [3.8, 4) is 11.5 Å². The van der Waals surface area contributed by atoms with Crippen molar-refractivity contribution in [1.29, 1.82) is 0 Å². The van der Waals surface area contributed by atoms with Crippen LogP contribution in [0.4, 0.5) is 5.69 Å². The van der Waals surface area contributed by atoms with Crippen LogP contribution in [0.1, 0.15) is 24.1 Å². The number of nitrogens with two attached hydrogens (primary N) is 1. The van der Waals surface area contributed by atoms with Crippen molar-refractivity contribution in [2.45, 2.75) is 19.9 Å². The van der Waals surface area contributed by atoms with Gasteiger partial charge >= 0.3 is 0 Å². The Labute approximate surface area is 131 Å². The lowest BCUT2D eigenvalue weighted by atomic mass is 10.1. The third-order valence-corrected chi connectivity index (χ3v) is 3.55. The van der Waals surface area contributed by atoms with E-state index in [2.05, 4.69) is 15.9 Å². The van der Waals surface area contributed by atoms with Crippen molar-refractivity contribution >= 4 is 21.6 Å². The molecule has 0 aliphatic heterocycles. The number of hydrogen-bond acceptors (Lipinski definition) is 4. The van der Waals surface area contributed by atoms with Gasteiger partial charge in [0.15, 0.2) is 0 Å².